The molecule has 1 atom stereocenters. The molecule has 27 heavy (non-hydrogen) atoms. The quantitative estimate of drug-likeness (QED) is 0.712. The van der Waals surface area contributed by atoms with Crippen molar-refractivity contribution in [2.45, 2.75) is 18.9 Å². The molecule has 0 saturated heterocycles. The van der Waals surface area contributed by atoms with Gasteiger partial charge in [-0.2, -0.15) is 0 Å². The molecule has 2 aromatic carbocycles. The number of ether oxygens (including phenoxy) is 1. The number of rotatable bonds is 4. The molecule has 0 bridgehead atoms. The molecule has 4 heteroatoms. The topological polar surface area (TPSA) is 42.4 Å². The van der Waals surface area contributed by atoms with Gasteiger partial charge in [0.25, 0.3) is 0 Å². The molecule has 0 fully saturated rings. The highest BCUT2D eigenvalue weighted by molar-refractivity contribution is 5.87. The van der Waals surface area contributed by atoms with Crippen LogP contribution < -0.4 is 4.74 Å². The van der Waals surface area contributed by atoms with Crippen LogP contribution in [0.25, 0.3) is 0 Å². The Morgan fingerprint density at radius 1 is 1.00 bits per heavy atom. The first kappa shape index (κ1) is 17.3. The minimum atomic E-state index is -0.414. The van der Waals surface area contributed by atoms with Crippen LogP contribution in [0.15, 0.2) is 72.9 Å². The molecule has 1 aliphatic rings. The molecule has 0 aliphatic carbocycles. The van der Waals surface area contributed by atoms with E-state index in [4.69, 9.17) is 4.74 Å². The van der Waals surface area contributed by atoms with Crippen LogP contribution in [0.4, 0.5) is 0 Å². The fraction of sp³-hybridized carbons (Fsp3) is 0.217. The zero-order valence-electron chi connectivity index (χ0n) is 15.3. The minimum Gasteiger partial charge on any atom is -0.497 e. The number of hydrogen-bond donors (Lipinski definition) is 0. The van der Waals surface area contributed by atoms with Crippen molar-refractivity contribution in [3.63, 3.8) is 0 Å². The first-order chi connectivity index (χ1) is 13.3. The van der Waals surface area contributed by atoms with E-state index in [1.54, 1.807) is 13.3 Å². The standard InChI is InChI=1S/C23H22N2O2/c1-27-20-11-9-18(10-12-20)22(21-8-4-5-14-24-21)23(26)25-15-13-17-6-2-3-7-19(17)16-25/h2-12,14,22H,13,15-16H2,1H3. The van der Waals surface area contributed by atoms with Gasteiger partial charge in [0.05, 0.1) is 12.8 Å². The van der Waals surface area contributed by atoms with Crippen molar-refractivity contribution in [3.05, 3.63) is 95.3 Å². The number of benzene rings is 2. The maximum Gasteiger partial charge on any atom is 0.236 e. The molecule has 136 valence electrons. The first-order valence-corrected chi connectivity index (χ1v) is 9.16. The summed E-state index contributed by atoms with van der Waals surface area (Å²) in [5, 5.41) is 0. The van der Waals surface area contributed by atoms with Crippen molar-refractivity contribution in [1.29, 1.82) is 0 Å². The average Bonchev–Trinajstić information content (AvgIpc) is 2.75. The van der Waals surface area contributed by atoms with Gasteiger partial charge in [-0.05, 0) is 47.4 Å². The maximum atomic E-state index is 13.5. The second-order valence-corrected chi connectivity index (χ2v) is 6.74. The number of carbonyl (C=O) groups is 1. The Labute approximate surface area is 159 Å². The Bertz CT molecular complexity index is 923. The van der Waals surface area contributed by atoms with Crippen LogP contribution in [0.2, 0.25) is 0 Å². The number of hydrogen-bond acceptors (Lipinski definition) is 3. The van der Waals surface area contributed by atoms with Gasteiger partial charge in [0.1, 0.15) is 11.7 Å². The first-order valence-electron chi connectivity index (χ1n) is 9.16. The Morgan fingerprint density at radius 3 is 2.44 bits per heavy atom. The fourth-order valence-electron chi connectivity index (χ4n) is 3.65. The minimum absolute atomic E-state index is 0.0911. The van der Waals surface area contributed by atoms with Crippen molar-refractivity contribution in [2.75, 3.05) is 13.7 Å². The summed E-state index contributed by atoms with van der Waals surface area (Å²) in [6.45, 7) is 1.38. The molecule has 3 aromatic rings. The van der Waals surface area contributed by atoms with Crippen LogP contribution in [0.3, 0.4) is 0 Å². The fourth-order valence-corrected chi connectivity index (χ4v) is 3.65. The van der Waals surface area contributed by atoms with Crippen molar-refractivity contribution in [1.82, 2.24) is 9.88 Å². The SMILES string of the molecule is COc1ccc(C(C(=O)N2CCc3ccccc3C2)c2ccccn2)cc1. The molecule has 1 amide bonds. The van der Waals surface area contributed by atoms with E-state index in [-0.39, 0.29) is 5.91 Å². The lowest BCUT2D eigenvalue weighted by Gasteiger charge is -2.32. The van der Waals surface area contributed by atoms with Crippen molar-refractivity contribution in [2.24, 2.45) is 0 Å². The molecule has 4 rings (SSSR count). The smallest absolute Gasteiger partial charge is 0.236 e. The monoisotopic (exact) mass is 358 g/mol. The molecule has 1 aromatic heterocycles. The second-order valence-electron chi connectivity index (χ2n) is 6.74. The molecule has 1 unspecified atom stereocenters. The maximum absolute atomic E-state index is 13.5. The van der Waals surface area contributed by atoms with Gasteiger partial charge in [-0.3, -0.25) is 9.78 Å². The highest BCUT2D eigenvalue weighted by Crippen LogP contribution is 2.29. The number of aromatic nitrogens is 1. The van der Waals surface area contributed by atoms with Gasteiger partial charge in [-0.1, -0.05) is 42.5 Å². The van der Waals surface area contributed by atoms with Crippen molar-refractivity contribution in [3.8, 4) is 5.75 Å². The predicted octanol–water partition coefficient (Wildman–Crippen LogP) is 3.81. The molecule has 0 N–H and O–H groups in total. The molecule has 0 radical (unpaired) electrons. The zero-order chi connectivity index (χ0) is 18.6. The third-order valence-corrected chi connectivity index (χ3v) is 5.12. The second kappa shape index (κ2) is 7.62. The van der Waals surface area contributed by atoms with Crippen LogP contribution in [0.1, 0.15) is 28.3 Å². The third-order valence-electron chi connectivity index (χ3n) is 5.12. The van der Waals surface area contributed by atoms with Gasteiger partial charge >= 0.3 is 0 Å². The summed E-state index contributed by atoms with van der Waals surface area (Å²) in [4.78, 5) is 19.9. The molecular formula is C23H22N2O2. The van der Waals surface area contributed by atoms with Crippen LogP contribution in [-0.4, -0.2) is 29.4 Å². The molecule has 0 spiro atoms. The largest absolute Gasteiger partial charge is 0.497 e. The summed E-state index contributed by atoms with van der Waals surface area (Å²) < 4.78 is 5.26. The molecule has 0 saturated carbocycles. The van der Waals surface area contributed by atoms with E-state index in [0.29, 0.717) is 6.54 Å². The van der Waals surface area contributed by atoms with Gasteiger partial charge < -0.3 is 9.64 Å². The van der Waals surface area contributed by atoms with E-state index < -0.39 is 5.92 Å². The summed E-state index contributed by atoms with van der Waals surface area (Å²) >= 11 is 0. The Balaban J connectivity index is 1.67. The molecule has 1 aliphatic heterocycles. The van der Waals surface area contributed by atoms with Gasteiger partial charge in [0, 0.05) is 19.3 Å². The van der Waals surface area contributed by atoms with Gasteiger partial charge in [0.15, 0.2) is 0 Å². The van der Waals surface area contributed by atoms with E-state index in [1.807, 2.05) is 53.4 Å². The van der Waals surface area contributed by atoms with Crippen LogP contribution >= 0.6 is 0 Å². The van der Waals surface area contributed by atoms with Gasteiger partial charge in [0.2, 0.25) is 5.91 Å². The zero-order valence-corrected chi connectivity index (χ0v) is 15.3. The summed E-state index contributed by atoms with van der Waals surface area (Å²) in [6, 6.07) is 21.8. The van der Waals surface area contributed by atoms with E-state index in [2.05, 4.69) is 23.2 Å². The van der Waals surface area contributed by atoms with Gasteiger partial charge in [-0.25, -0.2) is 0 Å². The highest BCUT2D eigenvalue weighted by Gasteiger charge is 2.30. The number of methoxy groups -OCH3 is 1. The van der Waals surface area contributed by atoms with E-state index in [0.717, 1.165) is 30.0 Å². The summed E-state index contributed by atoms with van der Waals surface area (Å²) in [5.74, 6) is 0.452. The molecular weight excluding hydrogens is 336 g/mol. The average molecular weight is 358 g/mol. The Kier molecular flexibility index (Phi) is 4.88. The number of nitrogens with zero attached hydrogens (tertiary/aromatic N) is 2. The highest BCUT2D eigenvalue weighted by atomic mass is 16.5. The van der Waals surface area contributed by atoms with Crippen molar-refractivity contribution >= 4 is 5.91 Å². The summed E-state index contributed by atoms with van der Waals surface area (Å²) in [6.07, 6.45) is 2.63. The Hall–Kier alpha value is -3.14. The third kappa shape index (κ3) is 3.56. The lowest BCUT2D eigenvalue weighted by Crippen LogP contribution is -2.39. The van der Waals surface area contributed by atoms with Crippen LogP contribution in [-0.2, 0) is 17.8 Å². The summed E-state index contributed by atoms with van der Waals surface area (Å²) in [5.41, 5.74) is 4.26. The van der Waals surface area contributed by atoms with Gasteiger partial charge in [-0.15, -0.1) is 0 Å². The van der Waals surface area contributed by atoms with Crippen molar-refractivity contribution < 1.29 is 9.53 Å². The normalized spacial score (nSPS) is 14.3. The molecule has 2 heterocycles. The van der Waals surface area contributed by atoms with Crippen LogP contribution in [0.5, 0.6) is 5.75 Å². The van der Waals surface area contributed by atoms with E-state index in [1.165, 1.54) is 11.1 Å². The predicted molar refractivity (Wildman–Crippen MR) is 105 cm³/mol. The Morgan fingerprint density at radius 2 is 1.74 bits per heavy atom. The summed E-state index contributed by atoms with van der Waals surface area (Å²) in [7, 11) is 1.64. The lowest BCUT2D eigenvalue weighted by atomic mass is 9.91. The molecule has 4 nitrogen and oxygen atoms in total. The van der Waals surface area contributed by atoms with E-state index >= 15 is 0 Å². The number of amides is 1. The van der Waals surface area contributed by atoms with Crippen LogP contribution in [0, 0.1) is 0 Å². The number of carbonyl (C=O) groups excluding carboxylic acids is 1. The van der Waals surface area contributed by atoms with E-state index in [9.17, 15) is 4.79 Å². The number of fused-ring (bicyclic) bond motifs is 1. The lowest BCUT2D eigenvalue weighted by molar-refractivity contribution is -0.132. The number of pyridine rings is 1.